The lowest BCUT2D eigenvalue weighted by Crippen LogP contribution is -2.54. The molecule has 4 rings (SSSR count). The number of nitrogens with one attached hydrogen (secondary N) is 2. The molecule has 3 aliphatic heterocycles. The molecule has 0 unspecified atom stereocenters. The Hall–Kier alpha value is -1.93. The molecule has 6 nitrogen and oxygen atoms in total. The van der Waals surface area contributed by atoms with Crippen LogP contribution in [0.3, 0.4) is 0 Å². The number of amides is 3. The summed E-state index contributed by atoms with van der Waals surface area (Å²) >= 11 is 1.65. The Bertz CT molecular complexity index is 863. The second kappa shape index (κ2) is 6.84. The van der Waals surface area contributed by atoms with Gasteiger partial charge in [0.25, 0.3) is 0 Å². The fourth-order valence-electron chi connectivity index (χ4n) is 4.91. The van der Waals surface area contributed by atoms with Gasteiger partial charge < -0.3 is 5.32 Å². The average Bonchev–Trinajstić information content (AvgIpc) is 3.25. The third kappa shape index (κ3) is 2.47. The Morgan fingerprint density at radius 1 is 1.29 bits per heavy atom. The van der Waals surface area contributed by atoms with Crippen molar-refractivity contribution in [3.63, 3.8) is 0 Å². The van der Waals surface area contributed by atoms with Crippen molar-refractivity contribution in [1.29, 1.82) is 0 Å². The number of likely N-dealkylation sites (tertiary alicyclic amines) is 1. The molecular weight excluding hydrogens is 381 g/mol. The minimum Gasteiger partial charge on any atom is -0.324 e. The lowest BCUT2D eigenvalue weighted by atomic mass is 9.76. The Kier molecular flexibility index (Phi) is 4.74. The van der Waals surface area contributed by atoms with Crippen LogP contribution in [-0.2, 0) is 19.9 Å². The van der Waals surface area contributed by atoms with E-state index in [0.717, 1.165) is 5.75 Å². The van der Waals surface area contributed by atoms with Crippen molar-refractivity contribution in [3.05, 3.63) is 29.6 Å². The topological polar surface area (TPSA) is 78.5 Å². The molecule has 28 heavy (non-hydrogen) atoms. The summed E-state index contributed by atoms with van der Waals surface area (Å²) < 4.78 is 14.1. The standard InChI is InChI=1S/C20H24FN3O3S/c1-4-10(2)24-17(25)15-14(7-8-28-3)23-20(16(15)18(24)26)12-9-11(21)5-6-13(12)22-19(20)27/h5-6,9-10,14-16,23H,4,7-8H2,1-3H3,(H,22,27)/t10-,14+,15+,16-,20+/m0/s1. The fourth-order valence-corrected chi connectivity index (χ4v) is 5.40. The van der Waals surface area contributed by atoms with Gasteiger partial charge in [-0.1, -0.05) is 6.92 Å². The van der Waals surface area contributed by atoms with Crippen LogP contribution in [0.5, 0.6) is 0 Å². The van der Waals surface area contributed by atoms with Crippen LogP contribution in [0.15, 0.2) is 18.2 Å². The average molecular weight is 405 g/mol. The minimum atomic E-state index is -1.40. The molecule has 3 heterocycles. The molecule has 150 valence electrons. The zero-order valence-corrected chi connectivity index (χ0v) is 16.9. The summed E-state index contributed by atoms with van der Waals surface area (Å²) in [7, 11) is 0. The van der Waals surface area contributed by atoms with Gasteiger partial charge in [0.05, 0.1) is 11.8 Å². The first-order chi connectivity index (χ1) is 13.4. The quantitative estimate of drug-likeness (QED) is 0.734. The fraction of sp³-hybridized carbons (Fsp3) is 0.550. The molecule has 5 atom stereocenters. The van der Waals surface area contributed by atoms with Crippen molar-refractivity contribution < 1.29 is 18.8 Å². The molecule has 0 aromatic heterocycles. The van der Waals surface area contributed by atoms with Crippen LogP contribution < -0.4 is 10.6 Å². The number of carbonyl (C=O) groups is 3. The van der Waals surface area contributed by atoms with Gasteiger partial charge in [-0.25, -0.2) is 4.39 Å². The monoisotopic (exact) mass is 405 g/mol. The lowest BCUT2D eigenvalue weighted by Gasteiger charge is -2.31. The van der Waals surface area contributed by atoms with Gasteiger partial charge in [-0.2, -0.15) is 11.8 Å². The third-order valence-electron chi connectivity index (χ3n) is 6.38. The number of rotatable bonds is 5. The molecule has 0 saturated carbocycles. The van der Waals surface area contributed by atoms with E-state index in [2.05, 4.69) is 10.6 Å². The zero-order chi connectivity index (χ0) is 20.2. The number of hydrogen-bond acceptors (Lipinski definition) is 5. The summed E-state index contributed by atoms with van der Waals surface area (Å²) in [6.45, 7) is 3.77. The van der Waals surface area contributed by atoms with Crippen LogP contribution in [0.4, 0.5) is 10.1 Å². The van der Waals surface area contributed by atoms with Crippen molar-refractivity contribution >= 4 is 35.2 Å². The lowest BCUT2D eigenvalue weighted by molar-refractivity contribution is -0.145. The van der Waals surface area contributed by atoms with Gasteiger partial charge >= 0.3 is 0 Å². The van der Waals surface area contributed by atoms with E-state index in [-0.39, 0.29) is 29.8 Å². The molecule has 0 aliphatic carbocycles. The van der Waals surface area contributed by atoms with Crippen molar-refractivity contribution in [2.45, 2.75) is 44.3 Å². The third-order valence-corrected chi connectivity index (χ3v) is 7.02. The minimum absolute atomic E-state index is 0.225. The summed E-state index contributed by atoms with van der Waals surface area (Å²) in [5, 5.41) is 6.10. The van der Waals surface area contributed by atoms with Crippen molar-refractivity contribution in [3.8, 4) is 0 Å². The van der Waals surface area contributed by atoms with Crippen LogP contribution in [-0.4, -0.2) is 46.7 Å². The molecule has 3 aliphatic rings. The van der Waals surface area contributed by atoms with E-state index in [4.69, 9.17) is 0 Å². The molecule has 2 saturated heterocycles. The van der Waals surface area contributed by atoms with Crippen molar-refractivity contribution in [1.82, 2.24) is 10.2 Å². The van der Waals surface area contributed by atoms with Gasteiger partial charge in [0.2, 0.25) is 17.7 Å². The smallest absolute Gasteiger partial charge is 0.250 e. The molecule has 8 heteroatoms. The second-order valence-corrected chi connectivity index (χ2v) is 8.78. The number of halogens is 1. The number of fused-ring (bicyclic) bond motifs is 4. The Morgan fingerprint density at radius 2 is 2.04 bits per heavy atom. The summed E-state index contributed by atoms with van der Waals surface area (Å²) in [6.07, 6.45) is 3.27. The maximum Gasteiger partial charge on any atom is 0.250 e. The van der Waals surface area contributed by atoms with Crippen LogP contribution >= 0.6 is 11.8 Å². The van der Waals surface area contributed by atoms with Gasteiger partial charge in [0, 0.05) is 23.3 Å². The van der Waals surface area contributed by atoms with E-state index in [0.29, 0.717) is 24.1 Å². The van der Waals surface area contributed by atoms with E-state index in [1.165, 1.54) is 23.1 Å². The van der Waals surface area contributed by atoms with Crippen molar-refractivity contribution in [2.75, 3.05) is 17.3 Å². The largest absolute Gasteiger partial charge is 0.324 e. The van der Waals surface area contributed by atoms with Gasteiger partial charge in [-0.3, -0.25) is 24.6 Å². The SMILES string of the molecule is CC[C@H](C)N1C(=O)[C@H]2[C@@H](C1=O)[C@@]1(N[C@@H]2CCSC)C(=O)Nc2ccc(F)cc21. The number of anilines is 1. The van der Waals surface area contributed by atoms with Crippen LogP contribution in [0.2, 0.25) is 0 Å². The van der Waals surface area contributed by atoms with E-state index in [1.807, 2.05) is 20.1 Å². The Balaban J connectivity index is 1.86. The summed E-state index contributed by atoms with van der Waals surface area (Å²) in [6, 6.07) is 3.54. The van der Waals surface area contributed by atoms with Crippen LogP contribution in [0.1, 0.15) is 32.3 Å². The second-order valence-electron chi connectivity index (χ2n) is 7.79. The highest BCUT2D eigenvalue weighted by Gasteiger charge is 2.70. The number of thioether (sulfide) groups is 1. The van der Waals surface area contributed by atoms with Crippen molar-refractivity contribution in [2.24, 2.45) is 11.8 Å². The Labute approximate surface area is 167 Å². The van der Waals surface area contributed by atoms with Gasteiger partial charge in [-0.15, -0.1) is 0 Å². The molecule has 1 aromatic rings. The molecule has 1 aromatic carbocycles. The van der Waals surface area contributed by atoms with E-state index in [9.17, 15) is 18.8 Å². The highest BCUT2D eigenvalue weighted by molar-refractivity contribution is 7.98. The number of benzene rings is 1. The van der Waals surface area contributed by atoms with Gasteiger partial charge in [0.1, 0.15) is 11.4 Å². The summed E-state index contributed by atoms with van der Waals surface area (Å²) in [5.74, 6) is -2.11. The predicted octanol–water partition coefficient (Wildman–Crippen LogP) is 2.10. The van der Waals surface area contributed by atoms with E-state index >= 15 is 0 Å². The maximum atomic E-state index is 14.1. The van der Waals surface area contributed by atoms with Gasteiger partial charge in [0.15, 0.2) is 0 Å². The first-order valence-electron chi connectivity index (χ1n) is 9.61. The number of nitrogens with zero attached hydrogens (tertiary/aromatic N) is 1. The molecular formula is C20H24FN3O3S. The molecule has 0 bridgehead atoms. The normalized spacial score (nSPS) is 32.1. The van der Waals surface area contributed by atoms with Crippen LogP contribution in [0, 0.1) is 17.7 Å². The number of hydrogen-bond donors (Lipinski definition) is 2. The number of imide groups is 1. The summed E-state index contributed by atoms with van der Waals surface area (Å²) in [5.41, 5.74) is -0.489. The number of carbonyl (C=O) groups excluding carboxylic acids is 3. The first kappa shape index (κ1) is 19.4. The first-order valence-corrected chi connectivity index (χ1v) is 11.0. The molecule has 1 spiro atoms. The molecule has 3 amide bonds. The molecule has 2 N–H and O–H groups in total. The highest BCUT2D eigenvalue weighted by atomic mass is 32.2. The van der Waals surface area contributed by atoms with Gasteiger partial charge in [-0.05, 0) is 50.0 Å². The van der Waals surface area contributed by atoms with E-state index < -0.39 is 23.2 Å². The van der Waals surface area contributed by atoms with Crippen LogP contribution in [0.25, 0.3) is 0 Å². The van der Waals surface area contributed by atoms with E-state index in [1.54, 1.807) is 11.8 Å². The summed E-state index contributed by atoms with van der Waals surface area (Å²) in [4.78, 5) is 41.1. The molecule has 0 radical (unpaired) electrons. The Morgan fingerprint density at radius 3 is 2.71 bits per heavy atom. The maximum absolute atomic E-state index is 14.1. The molecule has 2 fully saturated rings. The predicted molar refractivity (Wildman–Crippen MR) is 105 cm³/mol. The zero-order valence-electron chi connectivity index (χ0n) is 16.1. The highest BCUT2D eigenvalue weighted by Crippen LogP contribution is 2.53.